The molecule has 20 heavy (non-hydrogen) atoms. The molecule has 0 bridgehead atoms. The third-order valence-corrected chi connectivity index (χ3v) is 4.12. The van der Waals surface area contributed by atoms with E-state index in [4.69, 9.17) is 10.5 Å². The number of amides is 1. The van der Waals surface area contributed by atoms with Crippen LogP contribution in [0.1, 0.15) is 12.0 Å². The van der Waals surface area contributed by atoms with Crippen molar-refractivity contribution in [1.29, 1.82) is 0 Å². The standard InChI is InChI=1S/C15H21N3O2/c16-15(19)10-20-13-3-1-2-11(6-13)7-18-8-12-4-5-17-14(12)9-18/h1-3,6,12,14,17H,4-5,7-10H2,(H2,16,19)/t12-,14+/m0/s1. The Labute approximate surface area is 119 Å². The summed E-state index contributed by atoms with van der Waals surface area (Å²) in [4.78, 5) is 13.2. The molecule has 3 rings (SSSR count). The normalized spacial score (nSPS) is 25.6. The summed E-state index contributed by atoms with van der Waals surface area (Å²) in [5.41, 5.74) is 6.30. The molecule has 2 heterocycles. The fraction of sp³-hybridized carbons (Fsp3) is 0.533. The molecular weight excluding hydrogens is 254 g/mol. The zero-order chi connectivity index (χ0) is 13.9. The summed E-state index contributed by atoms with van der Waals surface area (Å²) in [7, 11) is 0. The average molecular weight is 275 g/mol. The number of hydrogen-bond acceptors (Lipinski definition) is 4. The lowest BCUT2D eigenvalue weighted by Gasteiger charge is -2.17. The topological polar surface area (TPSA) is 67.6 Å². The van der Waals surface area contributed by atoms with E-state index in [1.807, 2.05) is 18.2 Å². The molecule has 3 N–H and O–H groups in total. The van der Waals surface area contributed by atoms with Crippen molar-refractivity contribution in [3.63, 3.8) is 0 Å². The van der Waals surface area contributed by atoms with Gasteiger partial charge in [0.2, 0.25) is 0 Å². The van der Waals surface area contributed by atoms with E-state index in [-0.39, 0.29) is 6.61 Å². The van der Waals surface area contributed by atoms with Crippen LogP contribution in [0.25, 0.3) is 0 Å². The van der Waals surface area contributed by atoms with Gasteiger partial charge in [-0.3, -0.25) is 9.69 Å². The number of nitrogens with two attached hydrogens (primary N) is 1. The quantitative estimate of drug-likeness (QED) is 0.813. The maximum absolute atomic E-state index is 10.7. The molecule has 2 fully saturated rings. The van der Waals surface area contributed by atoms with Crippen LogP contribution in [0.2, 0.25) is 0 Å². The van der Waals surface area contributed by atoms with E-state index < -0.39 is 5.91 Å². The Hall–Kier alpha value is -1.59. The van der Waals surface area contributed by atoms with E-state index in [2.05, 4.69) is 16.3 Å². The number of nitrogens with one attached hydrogen (secondary N) is 1. The first-order valence-corrected chi connectivity index (χ1v) is 7.16. The number of likely N-dealkylation sites (tertiary alicyclic amines) is 1. The Morgan fingerprint density at radius 3 is 3.15 bits per heavy atom. The number of carbonyl (C=O) groups excluding carboxylic acids is 1. The molecule has 2 atom stereocenters. The number of primary amides is 1. The molecule has 5 nitrogen and oxygen atoms in total. The number of benzene rings is 1. The van der Waals surface area contributed by atoms with Crippen LogP contribution in [0.4, 0.5) is 0 Å². The third-order valence-electron chi connectivity index (χ3n) is 4.12. The van der Waals surface area contributed by atoms with Crippen molar-refractivity contribution in [3.05, 3.63) is 29.8 Å². The van der Waals surface area contributed by atoms with E-state index in [1.54, 1.807) is 0 Å². The molecule has 1 amide bonds. The number of carbonyl (C=O) groups is 1. The molecular formula is C15H21N3O2. The highest BCUT2D eigenvalue weighted by Gasteiger charge is 2.35. The molecule has 108 valence electrons. The Bertz CT molecular complexity index is 480. The van der Waals surface area contributed by atoms with Gasteiger partial charge in [-0.2, -0.15) is 0 Å². The lowest BCUT2D eigenvalue weighted by atomic mass is 10.1. The number of hydrogen-bond donors (Lipinski definition) is 2. The summed E-state index contributed by atoms with van der Waals surface area (Å²) in [6, 6.07) is 8.57. The Morgan fingerprint density at radius 1 is 1.45 bits per heavy atom. The molecule has 0 unspecified atom stereocenters. The van der Waals surface area contributed by atoms with Gasteiger partial charge in [0.05, 0.1) is 0 Å². The SMILES string of the molecule is NC(=O)COc1cccc(CN2C[C@@H]3CCN[C@@H]3C2)c1. The smallest absolute Gasteiger partial charge is 0.255 e. The zero-order valence-corrected chi connectivity index (χ0v) is 11.5. The summed E-state index contributed by atoms with van der Waals surface area (Å²) in [5.74, 6) is 1.07. The Balaban J connectivity index is 1.57. The van der Waals surface area contributed by atoms with E-state index in [0.29, 0.717) is 11.8 Å². The van der Waals surface area contributed by atoms with Crippen LogP contribution in [0, 0.1) is 5.92 Å². The molecule has 5 heteroatoms. The van der Waals surface area contributed by atoms with Crippen molar-refractivity contribution < 1.29 is 9.53 Å². The first kappa shape index (κ1) is 13.4. The molecule has 0 spiro atoms. The van der Waals surface area contributed by atoms with Gasteiger partial charge in [0.15, 0.2) is 6.61 Å². The van der Waals surface area contributed by atoms with Crippen molar-refractivity contribution >= 4 is 5.91 Å². The van der Waals surface area contributed by atoms with Crippen LogP contribution < -0.4 is 15.8 Å². The number of fused-ring (bicyclic) bond motifs is 1. The summed E-state index contributed by atoms with van der Waals surface area (Å²) < 4.78 is 5.34. The molecule has 2 saturated heterocycles. The Morgan fingerprint density at radius 2 is 2.35 bits per heavy atom. The second kappa shape index (κ2) is 5.81. The fourth-order valence-corrected chi connectivity index (χ4v) is 3.21. The summed E-state index contributed by atoms with van der Waals surface area (Å²) in [5, 5.41) is 3.56. The van der Waals surface area contributed by atoms with E-state index in [9.17, 15) is 4.79 Å². The summed E-state index contributed by atoms with van der Waals surface area (Å²) in [6.07, 6.45) is 1.29. The second-order valence-corrected chi connectivity index (χ2v) is 5.71. The van der Waals surface area contributed by atoms with E-state index in [0.717, 1.165) is 19.0 Å². The summed E-state index contributed by atoms with van der Waals surface area (Å²) in [6.45, 7) is 4.32. The molecule has 2 aliphatic heterocycles. The molecule has 0 aromatic heterocycles. The minimum atomic E-state index is -0.450. The zero-order valence-electron chi connectivity index (χ0n) is 11.5. The lowest BCUT2D eigenvalue weighted by molar-refractivity contribution is -0.119. The van der Waals surface area contributed by atoms with Crippen LogP contribution >= 0.6 is 0 Å². The average Bonchev–Trinajstić information content (AvgIpc) is 2.97. The maximum atomic E-state index is 10.7. The van der Waals surface area contributed by atoms with Gasteiger partial charge >= 0.3 is 0 Å². The first-order chi connectivity index (χ1) is 9.70. The number of rotatable bonds is 5. The van der Waals surface area contributed by atoms with Crippen molar-refractivity contribution in [2.24, 2.45) is 11.7 Å². The van der Waals surface area contributed by atoms with Crippen LogP contribution in [0.3, 0.4) is 0 Å². The van der Waals surface area contributed by atoms with Gasteiger partial charge in [-0.1, -0.05) is 12.1 Å². The Kier molecular flexibility index (Phi) is 3.89. The van der Waals surface area contributed by atoms with E-state index >= 15 is 0 Å². The van der Waals surface area contributed by atoms with Crippen molar-refractivity contribution in [2.45, 2.75) is 19.0 Å². The van der Waals surface area contributed by atoms with Gasteiger partial charge in [-0.25, -0.2) is 0 Å². The number of ether oxygens (including phenoxy) is 1. The predicted octanol–water partition coefficient (Wildman–Crippen LogP) is 0.344. The third kappa shape index (κ3) is 3.11. The predicted molar refractivity (Wildman–Crippen MR) is 76.3 cm³/mol. The highest BCUT2D eigenvalue weighted by atomic mass is 16.5. The van der Waals surface area contributed by atoms with Crippen molar-refractivity contribution in [1.82, 2.24) is 10.2 Å². The molecule has 0 saturated carbocycles. The maximum Gasteiger partial charge on any atom is 0.255 e. The molecule has 1 aromatic carbocycles. The highest BCUT2D eigenvalue weighted by molar-refractivity contribution is 5.75. The van der Waals surface area contributed by atoms with Crippen molar-refractivity contribution in [3.8, 4) is 5.75 Å². The fourth-order valence-electron chi connectivity index (χ4n) is 3.21. The van der Waals surface area contributed by atoms with Crippen LogP contribution in [-0.4, -0.2) is 43.1 Å². The van der Waals surface area contributed by atoms with Gasteiger partial charge < -0.3 is 15.8 Å². The van der Waals surface area contributed by atoms with Gasteiger partial charge in [0.25, 0.3) is 5.91 Å². The van der Waals surface area contributed by atoms with Crippen molar-refractivity contribution in [2.75, 3.05) is 26.2 Å². The first-order valence-electron chi connectivity index (χ1n) is 7.16. The summed E-state index contributed by atoms with van der Waals surface area (Å²) >= 11 is 0. The minimum absolute atomic E-state index is 0.0682. The van der Waals surface area contributed by atoms with Gasteiger partial charge in [0, 0.05) is 25.7 Å². The highest BCUT2D eigenvalue weighted by Crippen LogP contribution is 2.26. The molecule has 0 aliphatic carbocycles. The van der Waals surface area contributed by atoms with Gasteiger partial charge in [-0.05, 0) is 36.6 Å². The second-order valence-electron chi connectivity index (χ2n) is 5.71. The van der Waals surface area contributed by atoms with E-state index in [1.165, 1.54) is 25.1 Å². The molecule has 0 radical (unpaired) electrons. The lowest BCUT2D eigenvalue weighted by Crippen LogP contribution is -2.29. The van der Waals surface area contributed by atoms with Crippen LogP contribution in [0.15, 0.2) is 24.3 Å². The minimum Gasteiger partial charge on any atom is -0.484 e. The molecule has 1 aromatic rings. The van der Waals surface area contributed by atoms with Crippen LogP contribution in [0.5, 0.6) is 5.75 Å². The van der Waals surface area contributed by atoms with Crippen LogP contribution in [-0.2, 0) is 11.3 Å². The molecule has 2 aliphatic rings. The largest absolute Gasteiger partial charge is 0.484 e. The number of nitrogens with zero attached hydrogens (tertiary/aromatic N) is 1. The van der Waals surface area contributed by atoms with Gasteiger partial charge in [-0.15, -0.1) is 0 Å². The van der Waals surface area contributed by atoms with Gasteiger partial charge in [0.1, 0.15) is 5.75 Å². The monoisotopic (exact) mass is 275 g/mol.